The topological polar surface area (TPSA) is 94.9 Å². The van der Waals surface area contributed by atoms with E-state index in [0.717, 1.165) is 14.4 Å². The minimum absolute atomic E-state index is 0.178. The van der Waals surface area contributed by atoms with Crippen molar-refractivity contribution in [1.29, 1.82) is 0 Å². The summed E-state index contributed by atoms with van der Waals surface area (Å²) < 4.78 is 17.5. The van der Waals surface area contributed by atoms with Gasteiger partial charge in [0.2, 0.25) is 0 Å². The number of nitrogens with one attached hydrogen (secondary N) is 1. The Hall–Kier alpha value is -2.76. The van der Waals surface area contributed by atoms with Crippen molar-refractivity contribution in [2.75, 3.05) is 27.1 Å². The fraction of sp³-hybridized carbons (Fsp3) is 0.273. The quantitative estimate of drug-likeness (QED) is 0.233. The van der Waals surface area contributed by atoms with Crippen LogP contribution in [0.3, 0.4) is 0 Å². The number of benzene rings is 2. The number of nitrogens with zero attached hydrogens (tertiary/aromatic N) is 3. The van der Waals surface area contributed by atoms with E-state index in [2.05, 4.69) is 51.9 Å². The van der Waals surface area contributed by atoms with Gasteiger partial charge < -0.3 is 14.2 Å². The molecule has 0 radical (unpaired) electrons. The lowest BCUT2D eigenvalue weighted by Gasteiger charge is -2.11. The highest BCUT2D eigenvalue weighted by Crippen LogP contribution is 2.34. The van der Waals surface area contributed by atoms with Gasteiger partial charge in [-0.2, -0.15) is 5.10 Å². The van der Waals surface area contributed by atoms with Crippen LogP contribution in [-0.2, 0) is 10.5 Å². The molecule has 174 valence electrons. The van der Waals surface area contributed by atoms with Crippen LogP contribution in [0.1, 0.15) is 16.7 Å². The van der Waals surface area contributed by atoms with Crippen LogP contribution < -0.4 is 19.6 Å². The summed E-state index contributed by atoms with van der Waals surface area (Å²) in [7, 11) is 4.64. The van der Waals surface area contributed by atoms with Crippen LogP contribution in [0.2, 0.25) is 0 Å². The molecule has 1 N–H and O–H groups in total. The number of aryl methyl sites for hydroxylation is 1. The summed E-state index contributed by atoms with van der Waals surface area (Å²) in [6.07, 6.45) is 1.49. The third-order valence-electron chi connectivity index (χ3n) is 4.33. The van der Waals surface area contributed by atoms with Crippen molar-refractivity contribution in [2.45, 2.75) is 21.4 Å². The van der Waals surface area contributed by atoms with Gasteiger partial charge in [0.1, 0.15) is 5.75 Å². The number of hydrazone groups is 1. The first-order chi connectivity index (χ1) is 16.0. The van der Waals surface area contributed by atoms with Crippen molar-refractivity contribution in [3.05, 3.63) is 53.1 Å². The molecule has 33 heavy (non-hydrogen) atoms. The predicted octanol–water partition coefficient (Wildman–Crippen LogP) is 4.41. The van der Waals surface area contributed by atoms with Crippen LogP contribution in [0, 0.1) is 6.92 Å². The second kappa shape index (κ2) is 12.5. The molecular weight excluding hydrogens is 480 g/mol. The maximum atomic E-state index is 12.2. The van der Waals surface area contributed by atoms with E-state index in [9.17, 15) is 4.79 Å². The number of carbonyl (C=O) groups excluding carboxylic acids is 1. The Morgan fingerprint density at radius 3 is 2.30 bits per heavy atom. The fourth-order valence-electron chi connectivity index (χ4n) is 2.63. The van der Waals surface area contributed by atoms with E-state index in [4.69, 9.17) is 14.2 Å². The van der Waals surface area contributed by atoms with Crippen molar-refractivity contribution in [3.8, 4) is 17.2 Å². The lowest BCUT2D eigenvalue weighted by Crippen LogP contribution is -2.19. The molecule has 0 aliphatic heterocycles. The summed E-state index contributed by atoms with van der Waals surface area (Å²) in [5.74, 6) is 2.38. The van der Waals surface area contributed by atoms with Gasteiger partial charge in [-0.3, -0.25) is 4.79 Å². The summed E-state index contributed by atoms with van der Waals surface area (Å²) >= 11 is 4.43. The molecule has 0 aliphatic rings. The molecule has 0 aliphatic carbocycles. The first kappa shape index (κ1) is 24.9. The molecule has 8 nitrogen and oxygen atoms in total. The monoisotopic (exact) mass is 504 g/mol. The van der Waals surface area contributed by atoms with Gasteiger partial charge in [0, 0.05) is 17.4 Å². The highest BCUT2D eigenvalue weighted by Gasteiger charge is 2.11. The van der Waals surface area contributed by atoms with Gasteiger partial charge in [-0.25, -0.2) is 5.43 Å². The number of hydrogen-bond donors (Lipinski definition) is 1. The molecule has 3 aromatic rings. The molecule has 0 saturated heterocycles. The molecule has 1 heterocycles. The Kier molecular flexibility index (Phi) is 9.40. The lowest BCUT2D eigenvalue weighted by molar-refractivity contribution is -0.118. The highest BCUT2D eigenvalue weighted by atomic mass is 32.2. The van der Waals surface area contributed by atoms with Crippen LogP contribution in [0.5, 0.6) is 17.2 Å². The normalized spacial score (nSPS) is 10.9. The van der Waals surface area contributed by atoms with Gasteiger partial charge in [-0.1, -0.05) is 64.7 Å². The molecular formula is C22H24N4O4S3. The van der Waals surface area contributed by atoms with Crippen molar-refractivity contribution < 1.29 is 19.0 Å². The molecule has 3 rings (SSSR count). The van der Waals surface area contributed by atoms with Gasteiger partial charge >= 0.3 is 0 Å². The summed E-state index contributed by atoms with van der Waals surface area (Å²) in [6, 6.07) is 11.8. The summed E-state index contributed by atoms with van der Waals surface area (Å²) in [6.45, 7) is 2.07. The Morgan fingerprint density at radius 2 is 1.64 bits per heavy atom. The minimum atomic E-state index is -0.250. The van der Waals surface area contributed by atoms with Crippen LogP contribution in [0.25, 0.3) is 0 Å². The molecule has 0 atom stereocenters. The van der Waals surface area contributed by atoms with Crippen molar-refractivity contribution >= 4 is 47.0 Å². The second-order valence-electron chi connectivity index (χ2n) is 6.64. The van der Waals surface area contributed by atoms with Gasteiger partial charge in [0.05, 0.1) is 33.3 Å². The summed E-state index contributed by atoms with van der Waals surface area (Å²) in [5.41, 5.74) is 5.63. The van der Waals surface area contributed by atoms with Crippen LogP contribution in [0.15, 0.2) is 50.2 Å². The number of methoxy groups -OCH3 is 3. The van der Waals surface area contributed by atoms with E-state index in [-0.39, 0.29) is 11.7 Å². The molecule has 11 heteroatoms. The summed E-state index contributed by atoms with van der Waals surface area (Å²) in [4.78, 5) is 12.2. The van der Waals surface area contributed by atoms with Gasteiger partial charge in [-0.05, 0) is 18.6 Å². The van der Waals surface area contributed by atoms with E-state index in [0.29, 0.717) is 22.8 Å². The number of thioether (sulfide) groups is 2. The van der Waals surface area contributed by atoms with Crippen LogP contribution in [0.4, 0.5) is 0 Å². The zero-order valence-electron chi connectivity index (χ0n) is 18.7. The van der Waals surface area contributed by atoms with Gasteiger partial charge in [0.25, 0.3) is 5.91 Å². The van der Waals surface area contributed by atoms with Crippen molar-refractivity contribution in [2.24, 2.45) is 5.10 Å². The summed E-state index contributed by atoms with van der Waals surface area (Å²) in [5, 5.41) is 12.4. The maximum absolute atomic E-state index is 12.2. The molecule has 0 bridgehead atoms. The van der Waals surface area contributed by atoms with E-state index >= 15 is 0 Å². The Morgan fingerprint density at radius 1 is 1.00 bits per heavy atom. The molecule has 0 spiro atoms. The number of hydrogen-bond acceptors (Lipinski definition) is 10. The molecule has 0 unspecified atom stereocenters. The van der Waals surface area contributed by atoms with Crippen molar-refractivity contribution in [1.82, 2.24) is 15.6 Å². The molecule has 0 fully saturated rings. The third kappa shape index (κ3) is 7.37. The van der Waals surface area contributed by atoms with E-state index in [1.54, 1.807) is 45.2 Å². The first-order valence-electron chi connectivity index (χ1n) is 9.79. The van der Waals surface area contributed by atoms with Crippen LogP contribution in [-0.4, -0.2) is 49.4 Å². The maximum Gasteiger partial charge on any atom is 0.250 e. The second-order valence-corrected chi connectivity index (χ2v) is 10.1. The predicted molar refractivity (Wildman–Crippen MR) is 133 cm³/mol. The molecule has 1 amide bonds. The van der Waals surface area contributed by atoms with Gasteiger partial charge in [0.15, 0.2) is 20.2 Å². The number of carbonyl (C=O) groups is 1. The molecule has 2 aromatic carbocycles. The first-order valence-corrected chi connectivity index (χ1v) is 12.6. The van der Waals surface area contributed by atoms with E-state index < -0.39 is 0 Å². The number of amides is 1. The number of ether oxygens (including phenoxy) is 3. The Balaban J connectivity index is 1.48. The smallest absolute Gasteiger partial charge is 0.250 e. The molecule has 1 aromatic heterocycles. The zero-order chi connectivity index (χ0) is 23.6. The molecule has 0 saturated carbocycles. The Bertz CT molecular complexity index is 1100. The Labute approximate surface area is 205 Å². The SMILES string of the molecule is COc1cc(OC)c(OC)cc1/C=N\NC(=O)CSc1nnc(SCc2ccc(C)cc2)s1. The lowest BCUT2D eigenvalue weighted by atomic mass is 10.2. The highest BCUT2D eigenvalue weighted by molar-refractivity contribution is 8.03. The van der Waals surface area contributed by atoms with Gasteiger partial charge in [-0.15, -0.1) is 10.2 Å². The van der Waals surface area contributed by atoms with E-state index in [1.807, 2.05) is 0 Å². The standard InChI is InChI=1S/C22H24N4O4S3/c1-14-5-7-15(8-6-14)12-31-21-25-26-22(33-21)32-13-20(27)24-23-11-16-9-18(29-3)19(30-4)10-17(16)28-2/h5-11H,12-13H2,1-4H3,(H,24,27)/b23-11-. The minimum Gasteiger partial charge on any atom is -0.496 e. The number of rotatable bonds is 11. The fourth-order valence-corrected chi connectivity index (χ4v) is 5.40. The third-order valence-corrected chi connectivity index (χ3v) is 7.59. The largest absolute Gasteiger partial charge is 0.496 e. The number of aromatic nitrogens is 2. The average molecular weight is 505 g/mol. The van der Waals surface area contributed by atoms with Crippen molar-refractivity contribution in [3.63, 3.8) is 0 Å². The van der Waals surface area contributed by atoms with E-state index in [1.165, 1.54) is 40.4 Å². The average Bonchev–Trinajstić information content (AvgIpc) is 3.30. The zero-order valence-corrected chi connectivity index (χ0v) is 21.1. The van der Waals surface area contributed by atoms with Crippen LogP contribution >= 0.6 is 34.9 Å².